The minimum atomic E-state index is 0.103. The topological polar surface area (TPSA) is 34.4 Å². The number of nitrogens with one attached hydrogen (secondary N) is 1. The lowest BCUT2D eigenvalue weighted by molar-refractivity contribution is 0.244. The summed E-state index contributed by atoms with van der Waals surface area (Å²) in [6.45, 7) is 12.6. The van der Waals surface area contributed by atoms with Crippen LogP contribution < -0.4 is 10.1 Å². The molecule has 0 radical (unpaired) electrons. The number of furan rings is 1. The van der Waals surface area contributed by atoms with Crippen molar-refractivity contribution >= 4 is 11.0 Å². The summed E-state index contributed by atoms with van der Waals surface area (Å²) in [4.78, 5) is 0. The smallest absolute Gasteiger partial charge is 0.134 e. The van der Waals surface area contributed by atoms with Gasteiger partial charge < -0.3 is 14.5 Å². The van der Waals surface area contributed by atoms with E-state index in [1.807, 2.05) is 12.1 Å². The van der Waals surface area contributed by atoms with Crippen LogP contribution in [-0.4, -0.2) is 13.2 Å². The third kappa shape index (κ3) is 3.79. The van der Waals surface area contributed by atoms with Gasteiger partial charge in [0.15, 0.2) is 0 Å². The molecule has 3 nitrogen and oxygen atoms in total. The number of ether oxygens (including phenoxy) is 1. The number of fused-ring (bicyclic) bond motifs is 1. The molecule has 0 fully saturated rings. The SMILES string of the molecule is CCCOc1ccc2oc(C(NCC)C(C)(C)C)cc2c1. The molecule has 1 N–H and O–H groups in total. The van der Waals surface area contributed by atoms with Crippen LogP contribution in [-0.2, 0) is 0 Å². The lowest BCUT2D eigenvalue weighted by Crippen LogP contribution is -2.31. The van der Waals surface area contributed by atoms with Crippen LogP contribution in [0.3, 0.4) is 0 Å². The maximum absolute atomic E-state index is 6.05. The molecule has 2 rings (SSSR count). The molecule has 0 aliphatic rings. The largest absolute Gasteiger partial charge is 0.494 e. The Morgan fingerprint density at radius 1 is 1.19 bits per heavy atom. The lowest BCUT2D eigenvalue weighted by Gasteiger charge is -2.29. The van der Waals surface area contributed by atoms with Crippen LogP contribution in [0.5, 0.6) is 5.75 Å². The predicted molar refractivity (Wildman–Crippen MR) is 87.9 cm³/mol. The van der Waals surface area contributed by atoms with Crippen molar-refractivity contribution in [3.8, 4) is 5.75 Å². The van der Waals surface area contributed by atoms with Gasteiger partial charge in [-0.1, -0.05) is 34.6 Å². The average molecular weight is 289 g/mol. The van der Waals surface area contributed by atoms with Gasteiger partial charge in [0.05, 0.1) is 12.6 Å². The van der Waals surface area contributed by atoms with Crippen molar-refractivity contribution in [1.82, 2.24) is 5.32 Å². The third-order valence-corrected chi connectivity index (χ3v) is 3.54. The molecule has 0 bridgehead atoms. The number of benzene rings is 1. The van der Waals surface area contributed by atoms with Gasteiger partial charge >= 0.3 is 0 Å². The van der Waals surface area contributed by atoms with Gasteiger partial charge in [-0.2, -0.15) is 0 Å². The summed E-state index contributed by atoms with van der Waals surface area (Å²) in [6, 6.07) is 8.37. The fraction of sp³-hybridized carbons (Fsp3) is 0.556. The van der Waals surface area contributed by atoms with Gasteiger partial charge in [-0.15, -0.1) is 0 Å². The Hall–Kier alpha value is -1.48. The zero-order valence-electron chi connectivity index (χ0n) is 13.8. The summed E-state index contributed by atoms with van der Waals surface area (Å²) in [6.07, 6.45) is 1.02. The minimum absolute atomic E-state index is 0.103. The van der Waals surface area contributed by atoms with Crippen molar-refractivity contribution in [2.75, 3.05) is 13.2 Å². The molecule has 0 aliphatic carbocycles. The van der Waals surface area contributed by atoms with Gasteiger partial charge in [0.2, 0.25) is 0 Å². The molecule has 1 aromatic carbocycles. The molecular formula is C18H27NO2. The Kier molecular flexibility index (Phi) is 4.94. The molecule has 0 saturated heterocycles. The van der Waals surface area contributed by atoms with E-state index in [2.05, 4.69) is 52.1 Å². The molecule has 1 heterocycles. The molecule has 0 spiro atoms. The maximum Gasteiger partial charge on any atom is 0.134 e. The van der Waals surface area contributed by atoms with E-state index in [4.69, 9.17) is 9.15 Å². The first-order valence-electron chi connectivity index (χ1n) is 7.85. The minimum Gasteiger partial charge on any atom is -0.494 e. The quantitative estimate of drug-likeness (QED) is 0.819. The Morgan fingerprint density at radius 2 is 1.95 bits per heavy atom. The average Bonchev–Trinajstić information content (AvgIpc) is 2.83. The number of hydrogen-bond donors (Lipinski definition) is 1. The first-order valence-corrected chi connectivity index (χ1v) is 7.85. The molecule has 21 heavy (non-hydrogen) atoms. The zero-order chi connectivity index (χ0) is 15.5. The molecule has 1 atom stereocenters. The third-order valence-electron chi connectivity index (χ3n) is 3.54. The van der Waals surface area contributed by atoms with E-state index >= 15 is 0 Å². The standard InChI is InChI=1S/C18H27NO2/c1-6-10-20-14-8-9-15-13(11-14)12-16(21-15)17(19-7-2)18(3,4)5/h8-9,11-12,17,19H,6-7,10H2,1-5H3. The van der Waals surface area contributed by atoms with Crippen molar-refractivity contribution in [2.24, 2.45) is 5.41 Å². The van der Waals surface area contributed by atoms with E-state index in [1.165, 1.54) is 0 Å². The summed E-state index contributed by atoms with van der Waals surface area (Å²) in [5.74, 6) is 1.90. The van der Waals surface area contributed by atoms with Gasteiger partial charge in [0, 0.05) is 5.39 Å². The molecule has 3 heteroatoms. The first kappa shape index (κ1) is 15.9. The molecule has 2 aromatic rings. The number of rotatable bonds is 6. The van der Waals surface area contributed by atoms with Gasteiger partial charge in [-0.05, 0) is 42.6 Å². The Bertz CT molecular complexity index is 580. The number of hydrogen-bond acceptors (Lipinski definition) is 3. The molecule has 116 valence electrons. The van der Waals surface area contributed by atoms with Crippen LogP contribution >= 0.6 is 0 Å². The molecule has 0 aliphatic heterocycles. The van der Waals surface area contributed by atoms with Gasteiger partial charge in [0.1, 0.15) is 17.1 Å². The van der Waals surface area contributed by atoms with Crippen LogP contribution in [0, 0.1) is 5.41 Å². The van der Waals surface area contributed by atoms with Crippen LogP contribution in [0.25, 0.3) is 11.0 Å². The van der Waals surface area contributed by atoms with Gasteiger partial charge in [0.25, 0.3) is 0 Å². The summed E-state index contributed by atoms with van der Waals surface area (Å²) < 4.78 is 11.7. The monoisotopic (exact) mass is 289 g/mol. The van der Waals surface area contributed by atoms with Crippen LogP contribution in [0.2, 0.25) is 0 Å². The van der Waals surface area contributed by atoms with E-state index in [0.717, 1.165) is 42.1 Å². The van der Waals surface area contributed by atoms with Gasteiger partial charge in [-0.25, -0.2) is 0 Å². The van der Waals surface area contributed by atoms with Crippen molar-refractivity contribution in [3.63, 3.8) is 0 Å². The zero-order valence-corrected chi connectivity index (χ0v) is 13.8. The second-order valence-electron chi connectivity index (χ2n) is 6.55. The van der Waals surface area contributed by atoms with Crippen molar-refractivity contribution in [2.45, 2.75) is 47.1 Å². The second-order valence-corrected chi connectivity index (χ2v) is 6.55. The van der Waals surface area contributed by atoms with E-state index in [9.17, 15) is 0 Å². The molecule has 0 amide bonds. The summed E-state index contributed by atoms with van der Waals surface area (Å²) in [5, 5.41) is 4.63. The molecule has 1 unspecified atom stereocenters. The Balaban J connectivity index is 2.32. The van der Waals surface area contributed by atoms with E-state index in [-0.39, 0.29) is 11.5 Å². The van der Waals surface area contributed by atoms with Crippen molar-refractivity contribution in [3.05, 3.63) is 30.0 Å². The lowest BCUT2D eigenvalue weighted by atomic mass is 9.85. The maximum atomic E-state index is 6.05. The fourth-order valence-corrected chi connectivity index (χ4v) is 2.53. The summed E-state index contributed by atoms with van der Waals surface area (Å²) >= 11 is 0. The van der Waals surface area contributed by atoms with Crippen molar-refractivity contribution < 1.29 is 9.15 Å². The molecular weight excluding hydrogens is 262 g/mol. The Morgan fingerprint density at radius 3 is 2.57 bits per heavy atom. The highest BCUT2D eigenvalue weighted by atomic mass is 16.5. The van der Waals surface area contributed by atoms with Gasteiger partial charge in [-0.3, -0.25) is 0 Å². The van der Waals surface area contributed by atoms with E-state index < -0.39 is 0 Å². The summed E-state index contributed by atoms with van der Waals surface area (Å²) in [7, 11) is 0. The molecule has 1 aromatic heterocycles. The highest BCUT2D eigenvalue weighted by molar-refractivity contribution is 5.79. The van der Waals surface area contributed by atoms with Crippen LogP contribution in [0.4, 0.5) is 0 Å². The Labute approximate surface area is 127 Å². The highest BCUT2D eigenvalue weighted by Gasteiger charge is 2.28. The predicted octanol–water partition coefficient (Wildman–Crippen LogP) is 4.92. The van der Waals surface area contributed by atoms with Crippen LogP contribution in [0.15, 0.2) is 28.7 Å². The fourth-order valence-electron chi connectivity index (χ4n) is 2.53. The molecule has 0 saturated carbocycles. The summed E-state index contributed by atoms with van der Waals surface area (Å²) in [5.41, 5.74) is 1.02. The second kappa shape index (κ2) is 6.52. The normalized spacial score (nSPS) is 13.6. The van der Waals surface area contributed by atoms with E-state index in [0.29, 0.717) is 0 Å². The van der Waals surface area contributed by atoms with Crippen molar-refractivity contribution in [1.29, 1.82) is 0 Å². The first-order chi connectivity index (χ1) is 9.95. The van der Waals surface area contributed by atoms with E-state index in [1.54, 1.807) is 0 Å². The van der Waals surface area contributed by atoms with Crippen LogP contribution in [0.1, 0.15) is 52.8 Å². The highest BCUT2D eigenvalue weighted by Crippen LogP contribution is 2.36.